The van der Waals surface area contributed by atoms with Crippen LogP contribution in [0, 0.1) is 5.41 Å². The fourth-order valence-corrected chi connectivity index (χ4v) is 1.84. The van der Waals surface area contributed by atoms with Crippen molar-refractivity contribution in [2.24, 2.45) is 10.4 Å². The molecular weight excluding hydrogens is 217 g/mol. The molecule has 0 aliphatic carbocycles. The van der Waals surface area contributed by atoms with Crippen LogP contribution in [-0.4, -0.2) is 12.6 Å². The molecule has 0 fully saturated rings. The first-order chi connectivity index (χ1) is 7.87. The molecule has 92 valence electrons. The van der Waals surface area contributed by atoms with Crippen LogP contribution in [0.2, 0.25) is 0 Å². The molecule has 2 rings (SSSR count). The van der Waals surface area contributed by atoms with Crippen molar-refractivity contribution in [3.63, 3.8) is 0 Å². The van der Waals surface area contributed by atoms with E-state index in [4.69, 9.17) is 4.74 Å². The summed E-state index contributed by atoms with van der Waals surface area (Å²) in [4.78, 5) is 4.49. The average Bonchev–Trinajstić information content (AvgIpc) is 2.28. The highest BCUT2D eigenvalue weighted by Gasteiger charge is 2.39. The summed E-state index contributed by atoms with van der Waals surface area (Å²) in [5.74, 6) is 0.594. The van der Waals surface area contributed by atoms with Gasteiger partial charge in [-0.25, -0.2) is 9.38 Å². The fraction of sp³-hybridized carbons (Fsp3) is 0.500. The van der Waals surface area contributed by atoms with E-state index in [0.29, 0.717) is 5.90 Å². The third kappa shape index (κ3) is 2.06. The van der Waals surface area contributed by atoms with Gasteiger partial charge in [0, 0.05) is 11.0 Å². The quantitative estimate of drug-likeness (QED) is 0.721. The zero-order chi connectivity index (χ0) is 12.7. The molecule has 3 heteroatoms. The monoisotopic (exact) mass is 235 g/mol. The van der Waals surface area contributed by atoms with Gasteiger partial charge in [-0.1, -0.05) is 39.0 Å². The molecule has 0 radical (unpaired) electrons. The molecule has 0 saturated carbocycles. The van der Waals surface area contributed by atoms with E-state index < -0.39 is 12.3 Å². The summed E-state index contributed by atoms with van der Waals surface area (Å²) in [6.07, 6.45) is 0. The molecule has 0 amide bonds. The van der Waals surface area contributed by atoms with Gasteiger partial charge in [-0.15, -0.1) is 0 Å². The van der Waals surface area contributed by atoms with Crippen LogP contribution in [0.4, 0.5) is 10.1 Å². The molecular formula is C14H18FNO. The SMILES string of the molecule is CC(C)(C)C1=Nc2ccccc2C(C)(CF)O1. The van der Waals surface area contributed by atoms with Gasteiger partial charge in [0.15, 0.2) is 11.5 Å². The number of halogens is 1. The highest BCUT2D eigenvalue weighted by atomic mass is 19.1. The van der Waals surface area contributed by atoms with Gasteiger partial charge >= 0.3 is 0 Å². The number of rotatable bonds is 1. The molecule has 0 saturated heterocycles. The maximum atomic E-state index is 13.3. The Bertz CT molecular complexity index is 462. The predicted molar refractivity (Wildman–Crippen MR) is 67.4 cm³/mol. The first-order valence-electron chi connectivity index (χ1n) is 5.80. The molecule has 0 N–H and O–H groups in total. The summed E-state index contributed by atoms with van der Waals surface area (Å²) in [6.45, 7) is 7.25. The summed E-state index contributed by atoms with van der Waals surface area (Å²) < 4.78 is 19.1. The molecule has 0 spiro atoms. The second kappa shape index (κ2) is 3.83. The van der Waals surface area contributed by atoms with Gasteiger partial charge in [0.2, 0.25) is 0 Å². The highest BCUT2D eigenvalue weighted by molar-refractivity contribution is 5.86. The van der Waals surface area contributed by atoms with Crippen LogP contribution in [0.15, 0.2) is 29.3 Å². The highest BCUT2D eigenvalue weighted by Crippen LogP contribution is 2.40. The number of benzene rings is 1. The van der Waals surface area contributed by atoms with Crippen LogP contribution in [-0.2, 0) is 10.3 Å². The predicted octanol–water partition coefficient (Wildman–Crippen LogP) is 3.98. The second-order valence-electron chi connectivity index (χ2n) is 5.65. The molecule has 1 aliphatic heterocycles. The lowest BCUT2D eigenvalue weighted by atomic mass is 9.90. The van der Waals surface area contributed by atoms with Crippen molar-refractivity contribution < 1.29 is 9.13 Å². The van der Waals surface area contributed by atoms with Gasteiger partial charge in [-0.05, 0) is 13.0 Å². The first kappa shape index (κ1) is 12.1. The van der Waals surface area contributed by atoms with E-state index in [1.165, 1.54) is 0 Å². The lowest BCUT2D eigenvalue weighted by molar-refractivity contribution is 0.0287. The van der Waals surface area contributed by atoms with Gasteiger partial charge in [0.1, 0.15) is 6.67 Å². The van der Waals surface area contributed by atoms with Crippen molar-refractivity contribution >= 4 is 11.6 Å². The van der Waals surface area contributed by atoms with Gasteiger partial charge in [0.25, 0.3) is 0 Å². The Hall–Kier alpha value is -1.38. The molecule has 1 heterocycles. The summed E-state index contributed by atoms with van der Waals surface area (Å²) in [5.41, 5.74) is 0.490. The van der Waals surface area contributed by atoms with E-state index in [-0.39, 0.29) is 5.41 Å². The zero-order valence-corrected chi connectivity index (χ0v) is 10.7. The molecule has 1 aromatic rings. The molecule has 1 atom stereocenters. The largest absolute Gasteiger partial charge is 0.466 e. The third-order valence-corrected chi connectivity index (χ3v) is 2.91. The van der Waals surface area contributed by atoms with Crippen LogP contribution < -0.4 is 0 Å². The minimum Gasteiger partial charge on any atom is -0.466 e. The van der Waals surface area contributed by atoms with E-state index in [9.17, 15) is 4.39 Å². The standard InChI is InChI=1S/C14H18FNO/c1-13(2,3)12-16-11-8-6-5-7-10(11)14(4,9-15)17-12/h5-8H,9H2,1-4H3. The van der Waals surface area contributed by atoms with Crippen molar-refractivity contribution in [2.75, 3.05) is 6.67 Å². The molecule has 1 aromatic carbocycles. The summed E-state index contributed by atoms with van der Waals surface area (Å²) >= 11 is 0. The van der Waals surface area contributed by atoms with Crippen LogP contribution in [0.5, 0.6) is 0 Å². The second-order valence-corrected chi connectivity index (χ2v) is 5.65. The van der Waals surface area contributed by atoms with Crippen molar-refractivity contribution in [3.05, 3.63) is 29.8 Å². The Labute approximate surface area is 102 Å². The Morgan fingerprint density at radius 2 is 1.94 bits per heavy atom. The van der Waals surface area contributed by atoms with Crippen LogP contribution in [0.3, 0.4) is 0 Å². The Balaban J connectivity index is 2.57. The number of fused-ring (bicyclic) bond motifs is 1. The molecule has 17 heavy (non-hydrogen) atoms. The number of hydrogen-bond acceptors (Lipinski definition) is 2. The Morgan fingerprint density at radius 1 is 1.29 bits per heavy atom. The molecule has 1 unspecified atom stereocenters. The third-order valence-electron chi connectivity index (χ3n) is 2.91. The number of nitrogens with zero attached hydrogens (tertiary/aromatic N) is 1. The van der Waals surface area contributed by atoms with Gasteiger partial charge in [-0.3, -0.25) is 0 Å². The van der Waals surface area contributed by atoms with E-state index in [1.807, 2.05) is 45.0 Å². The number of alkyl halides is 1. The van der Waals surface area contributed by atoms with Gasteiger partial charge in [0.05, 0.1) is 5.69 Å². The van der Waals surface area contributed by atoms with Crippen LogP contribution in [0.1, 0.15) is 33.3 Å². The van der Waals surface area contributed by atoms with Crippen molar-refractivity contribution in [1.82, 2.24) is 0 Å². The lowest BCUT2D eigenvalue weighted by Crippen LogP contribution is -2.38. The number of ether oxygens (including phenoxy) is 1. The van der Waals surface area contributed by atoms with Crippen molar-refractivity contribution in [1.29, 1.82) is 0 Å². The number of aliphatic imine (C=N–C) groups is 1. The maximum absolute atomic E-state index is 13.3. The summed E-state index contributed by atoms with van der Waals surface area (Å²) in [6, 6.07) is 7.57. The molecule has 0 bridgehead atoms. The Kier molecular flexibility index (Phi) is 2.72. The minimum absolute atomic E-state index is 0.218. The lowest BCUT2D eigenvalue weighted by Gasteiger charge is -2.37. The van der Waals surface area contributed by atoms with Gasteiger partial charge in [-0.2, -0.15) is 0 Å². The summed E-state index contributed by atoms with van der Waals surface area (Å²) in [5, 5.41) is 0. The van der Waals surface area contributed by atoms with Crippen molar-refractivity contribution in [3.8, 4) is 0 Å². The number of para-hydroxylation sites is 1. The smallest absolute Gasteiger partial charge is 0.195 e. The Morgan fingerprint density at radius 3 is 2.53 bits per heavy atom. The first-order valence-corrected chi connectivity index (χ1v) is 5.80. The zero-order valence-electron chi connectivity index (χ0n) is 10.7. The topological polar surface area (TPSA) is 21.6 Å². The van der Waals surface area contributed by atoms with Crippen LogP contribution in [0.25, 0.3) is 0 Å². The fourth-order valence-electron chi connectivity index (χ4n) is 1.84. The molecule has 0 aromatic heterocycles. The molecule has 1 aliphatic rings. The average molecular weight is 235 g/mol. The van der Waals surface area contributed by atoms with E-state index >= 15 is 0 Å². The van der Waals surface area contributed by atoms with E-state index in [2.05, 4.69) is 4.99 Å². The van der Waals surface area contributed by atoms with E-state index in [1.54, 1.807) is 6.92 Å². The molecule has 2 nitrogen and oxygen atoms in total. The minimum atomic E-state index is -0.916. The normalized spacial score (nSPS) is 23.7. The van der Waals surface area contributed by atoms with Gasteiger partial charge < -0.3 is 4.74 Å². The number of hydrogen-bond donors (Lipinski definition) is 0. The van der Waals surface area contributed by atoms with Crippen molar-refractivity contribution in [2.45, 2.75) is 33.3 Å². The van der Waals surface area contributed by atoms with Crippen LogP contribution >= 0.6 is 0 Å². The summed E-state index contributed by atoms with van der Waals surface area (Å²) in [7, 11) is 0. The van der Waals surface area contributed by atoms with E-state index in [0.717, 1.165) is 11.3 Å². The maximum Gasteiger partial charge on any atom is 0.195 e.